The Labute approximate surface area is 76.8 Å². The lowest BCUT2D eigenvalue weighted by Crippen LogP contribution is -2.18. The third kappa shape index (κ3) is 2.89. The first-order valence-corrected chi connectivity index (χ1v) is 4.27. The molecule has 0 fully saturated rings. The van der Waals surface area contributed by atoms with E-state index in [4.69, 9.17) is 5.11 Å². The van der Waals surface area contributed by atoms with Crippen LogP contribution >= 0.6 is 0 Å². The summed E-state index contributed by atoms with van der Waals surface area (Å²) in [6.45, 7) is 0. The average molecular weight is 184 g/mol. The summed E-state index contributed by atoms with van der Waals surface area (Å²) in [6, 6.07) is 0.246. The van der Waals surface area contributed by atoms with Crippen LogP contribution in [0.3, 0.4) is 0 Å². The summed E-state index contributed by atoms with van der Waals surface area (Å²) in [4.78, 5) is 10.2. The van der Waals surface area contributed by atoms with Gasteiger partial charge in [0.2, 0.25) is 0 Å². The van der Waals surface area contributed by atoms with Crippen molar-refractivity contribution in [1.29, 1.82) is 0 Å². The van der Waals surface area contributed by atoms with Crippen molar-refractivity contribution in [1.82, 2.24) is 0 Å². The second-order valence-corrected chi connectivity index (χ2v) is 3.26. The fourth-order valence-electron chi connectivity index (χ4n) is 1.51. The molecule has 0 aliphatic carbocycles. The standard InChI is InChI=1S/C9H13NO3/c1-10-4-2-3-7(10)5-8(11)6-9(12)13/h4,6-7H,2-3,5H2,1H3,(H-,11,12,13)/p+1/b8-6-. The molecule has 0 radical (unpaired) electrons. The molecule has 1 atom stereocenters. The second-order valence-electron chi connectivity index (χ2n) is 3.26. The van der Waals surface area contributed by atoms with Crippen molar-refractivity contribution in [3.63, 3.8) is 0 Å². The van der Waals surface area contributed by atoms with Crippen molar-refractivity contribution in [2.75, 3.05) is 7.05 Å². The lowest BCUT2D eigenvalue weighted by molar-refractivity contribution is -0.525. The van der Waals surface area contributed by atoms with Crippen molar-refractivity contribution in [2.45, 2.75) is 25.3 Å². The maximum atomic E-state index is 10.2. The van der Waals surface area contributed by atoms with Gasteiger partial charge >= 0.3 is 5.97 Å². The van der Waals surface area contributed by atoms with Crippen molar-refractivity contribution in [2.24, 2.45) is 0 Å². The van der Waals surface area contributed by atoms with Gasteiger partial charge in [0.1, 0.15) is 19.0 Å². The predicted molar refractivity (Wildman–Crippen MR) is 48.2 cm³/mol. The first kappa shape index (κ1) is 9.77. The molecule has 0 amide bonds. The zero-order valence-electron chi connectivity index (χ0n) is 7.60. The number of rotatable bonds is 3. The first-order chi connectivity index (χ1) is 6.09. The number of nitrogens with zero attached hydrogens (tertiary/aromatic N) is 1. The van der Waals surface area contributed by atoms with Crippen LogP contribution in [0.1, 0.15) is 19.3 Å². The molecule has 1 aliphatic heterocycles. The van der Waals surface area contributed by atoms with Crippen molar-refractivity contribution < 1.29 is 19.6 Å². The van der Waals surface area contributed by atoms with Crippen LogP contribution in [-0.4, -0.2) is 40.1 Å². The molecule has 72 valence electrons. The monoisotopic (exact) mass is 184 g/mol. The van der Waals surface area contributed by atoms with Gasteiger partial charge in [0.05, 0.1) is 12.5 Å². The highest BCUT2D eigenvalue weighted by Crippen LogP contribution is 2.14. The number of hydrogen-bond acceptors (Lipinski definition) is 2. The number of aliphatic hydroxyl groups excluding tert-OH is 1. The molecule has 4 nitrogen and oxygen atoms in total. The Hall–Kier alpha value is -1.32. The van der Waals surface area contributed by atoms with E-state index in [1.54, 1.807) is 0 Å². The SMILES string of the molecule is C[N+]1=CCCC1C/C(O)=C/C(=O)O. The predicted octanol–water partition coefficient (Wildman–Crippen LogP) is 0.779. The Balaban J connectivity index is 2.49. The molecule has 0 saturated heterocycles. The number of aliphatic hydroxyl groups is 1. The van der Waals surface area contributed by atoms with Crippen molar-refractivity contribution in [3.05, 3.63) is 11.8 Å². The lowest BCUT2D eigenvalue weighted by atomic mass is 10.1. The largest absolute Gasteiger partial charge is 0.512 e. The summed E-state index contributed by atoms with van der Waals surface area (Å²) < 4.78 is 2.02. The van der Waals surface area contributed by atoms with E-state index in [1.165, 1.54) is 0 Å². The Bertz CT molecular complexity index is 268. The van der Waals surface area contributed by atoms with Gasteiger partial charge in [-0.2, -0.15) is 0 Å². The van der Waals surface area contributed by atoms with E-state index < -0.39 is 5.97 Å². The summed E-state index contributed by atoms with van der Waals surface area (Å²) in [5.74, 6) is -1.15. The van der Waals surface area contributed by atoms with Crippen LogP contribution in [0, 0.1) is 0 Å². The van der Waals surface area contributed by atoms with Gasteiger partial charge in [0.25, 0.3) is 0 Å². The molecular formula is C9H14NO3+. The molecule has 1 unspecified atom stereocenters. The Morgan fingerprint density at radius 3 is 2.85 bits per heavy atom. The van der Waals surface area contributed by atoms with E-state index in [1.807, 2.05) is 11.6 Å². The van der Waals surface area contributed by atoms with Gasteiger partial charge in [-0.15, -0.1) is 0 Å². The van der Waals surface area contributed by atoms with E-state index in [2.05, 4.69) is 6.21 Å². The van der Waals surface area contributed by atoms with E-state index in [9.17, 15) is 9.90 Å². The van der Waals surface area contributed by atoms with Gasteiger partial charge in [-0.3, -0.25) is 0 Å². The number of carboxylic acids is 1. The lowest BCUT2D eigenvalue weighted by Gasteiger charge is -2.05. The summed E-state index contributed by atoms with van der Waals surface area (Å²) in [5, 5.41) is 17.6. The third-order valence-electron chi connectivity index (χ3n) is 2.23. The van der Waals surface area contributed by atoms with Crippen LogP contribution in [0.15, 0.2) is 11.8 Å². The smallest absolute Gasteiger partial charge is 0.331 e. The number of aliphatic carboxylic acids is 1. The highest BCUT2D eigenvalue weighted by molar-refractivity contribution is 5.80. The van der Waals surface area contributed by atoms with E-state index in [0.29, 0.717) is 6.42 Å². The van der Waals surface area contributed by atoms with Gasteiger partial charge in [-0.1, -0.05) is 0 Å². The van der Waals surface area contributed by atoms with Gasteiger partial charge in [0.15, 0.2) is 6.04 Å². The van der Waals surface area contributed by atoms with Crippen LogP contribution in [0.4, 0.5) is 0 Å². The summed E-state index contributed by atoms with van der Waals surface area (Å²) in [7, 11) is 1.94. The number of carbonyl (C=O) groups is 1. The molecular weight excluding hydrogens is 170 g/mol. The summed E-state index contributed by atoms with van der Waals surface area (Å²) in [5.41, 5.74) is 0. The molecule has 1 aliphatic rings. The van der Waals surface area contributed by atoms with Gasteiger partial charge in [-0.05, 0) is 0 Å². The second kappa shape index (κ2) is 4.07. The number of hydrogen-bond donors (Lipinski definition) is 2. The summed E-state index contributed by atoms with van der Waals surface area (Å²) in [6.07, 6.45) is 5.31. The highest BCUT2D eigenvalue weighted by Gasteiger charge is 2.23. The maximum Gasteiger partial charge on any atom is 0.331 e. The van der Waals surface area contributed by atoms with Crippen LogP contribution in [0.2, 0.25) is 0 Å². The Morgan fingerprint density at radius 1 is 1.69 bits per heavy atom. The van der Waals surface area contributed by atoms with E-state index >= 15 is 0 Å². The first-order valence-electron chi connectivity index (χ1n) is 4.27. The van der Waals surface area contributed by atoms with Crippen LogP contribution in [0.25, 0.3) is 0 Å². The molecule has 13 heavy (non-hydrogen) atoms. The molecule has 1 rings (SSSR count). The molecule has 0 aromatic rings. The fraction of sp³-hybridized carbons (Fsp3) is 0.556. The molecule has 2 N–H and O–H groups in total. The minimum Gasteiger partial charge on any atom is -0.512 e. The molecule has 1 heterocycles. The molecule has 0 aromatic carbocycles. The molecule has 0 spiro atoms. The third-order valence-corrected chi connectivity index (χ3v) is 2.23. The minimum absolute atomic E-state index is 0.0559. The minimum atomic E-state index is -1.10. The quantitative estimate of drug-likeness (QED) is 0.387. The Morgan fingerprint density at radius 2 is 2.38 bits per heavy atom. The molecule has 0 aromatic heterocycles. The van der Waals surface area contributed by atoms with Gasteiger partial charge < -0.3 is 10.2 Å². The fourth-order valence-corrected chi connectivity index (χ4v) is 1.51. The molecule has 0 saturated carbocycles. The van der Waals surface area contributed by atoms with E-state index in [0.717, 1.165) is 18.9 Å². The van der Waals surface area contributed by atoms with Crippen molar-refractivity contribution >= 4 is 12.2 Å². The van der Waals surface area contributed by atoms with Crippen LogP contribution < -0.4 is 0 Å². The van der Waals surface area contributed by atoms with E-state index in [-0.39, 0.29) is 11.8 Å². The zero-order valence-corrected chi connectivity index (χ0v) is 7.60. The average Bonchev–Trinajstić information content (AvgIpc) is 2.34. The highest BCUT2D eigenvalue weighted by atomic mass is 16.4. The number of carboxylic acid groups (broad SMARTS) is 1. The maximum absolute atomic E-state index is 10.2. The molecule has 4 heteroatoms. The van der Waals surface area contributed by atoms with Crippen molar-refractivity contribution in [3.8, 4) is 0 Å². The van der Waals surface area contributed by atoms with Crippen LogP contribution in [0.5, 0.6) is 0 Å². The summed E-state index contributed by atoms with van der Waals surface area (Å²) >= 11 is 0. The topological polar surface area (TPSA) is 60.5 Å². The zero-order chi connectivity index (χ0) is 9.84. The van der Waals surface area contributed by atoms with Crippen LogP contribution in [-0.2, 0) is 4.79 Å². The van der Waals surface area contributed by atoms with Gasteiger partial charge in [-0.25, -0.2) is 9.37 Å². The Kier molecular flexibility index (Phi) is 3.06. The van der Waals surface area contributed by atoms with Gasteiger partial charge in [0, 0.05) is 12.8 Å². The molecule has 0 bridgehead atoms. The normalized spacial score (nSPS) is 23.0.